The summed E-state index contributed by atoms with van der Waals surface area (Å²) >= 11 is 6.68. The zero-order chi connectivity index (χ0) is 20.3. The van der Waals surface area contributed by atoms with Crippen molar-refractivity contribution >= 4 is 59.4 Å². The molecule has 3 rings (SSSR count). The molecule has 10 heteroatoms. The number of nitrogens with one attached hydrogen (secondary N) is 2. The van der Waals surface area contributed by atoms with Gasteiger partial charge >= 0.3 is 16.1 Å². The third-order valence-electron chi connectivity index (χ3n) is 3.66. The number of amides is 2. The Morgan fingerprint density at radius 2 is 1.64 bits per heavy atom. The lowest BCUT2D eigenvalue weighted by atomic mass is 10.1. The summed E-state index contributed by atoms with van der Waals surface area (Å²) in [6.45, 7) is 0. The first-order chi connectivity index (χ1) is 13.3. The van der Waals surface area contributed by atoms with Crippen LogP contribution in [0.25, 0.3) is 11.1 Å². The minimum atomic E-state index is -4.55. The molecule has 0 aliphatic carbocycles. The molecule has 1 heterocycles. The minimum absolute atomic E-state index is 0.155. The fourth-order valence-corrected chi connectivity index (χ4v) is 3.88. The highest BCUT2D eigenvalue weighted by Crippen LogP contribution is 2.34. The van der Waals surface area contributed by atoms with Crippen LogP contribution in [0.4, 0.5) is 16.2 Å². The highest BCUT2D eigenvalue weighted by molar-refractivity contribution is 9.10. The Balaban J connectivity index is 1.99. The Bertz CT molecular complexity index is 1150. The maximum atomic E-state index is 12.4. The fraction of sp³-hybridized carbons (Fsp3) is 0. The van der Waals surface area contributed by atoms with Crippen molar-refractivity contribution in [2.24, 2.45) is 0 Å². The molecule has 0 unspecified atom stereocenters. The molecule has 2 amide bonds. The molecule has 0 saturated carbocycles. The SMILES string of the molecule is O=C(Nc1ccccc1Br)Nc1ccc(Br)cc1-c1cccnc1S(=O)(=O)O. The van der Waals surface area contributed by atoms with Gasteiger partial charge in [0.25, 0.3) is 0 Å². The summed E-state index contributed by atoms with van der Waals surface area (Å²) in [6, 6.07) is 14.6. The number of halogens is 2. The molecule has 2 aromatic carbocycles. The van der Waals surface area contributed by atoms with E-state index < -0.39 is 21.2 Å². The molecule has 3 N–H and O–H groups in total. The molecule has 0 spiro atoms. The number of benzene rings is 2. The van der Waals surface area contributed by atoms with Gasteiger partial charge in [-0.25, -0.2) is 9.78 Å². The average molecular weight is 527 g/mol. The second-order valence-corrected chi connectivity index (χ2v) is 8.69. The Morgan fingerprint density at radius 1 is 0.929 bits per heavy atom. The Labute approximate surface area is 178 Å². The van der Waals surface area contributed by atoms with E-state index in [2.05, 4.69) is 47.5 Å². The number of pyridine rings is 1. The van der Waals surface area contributed by atoms with Gasteiger partial charge in [0.1, 0.15) is 0 Å². The molecule has 0 fully saturated rings. The topological polar surface area (TPSA) is 108 Å². The van der Waals surface area contributed by atoms with Gasteiger partial charge in [-0.05, 0) is 58.4 Å². The highest BCUT2D eigenvalue weighted by atomic mass is 79.9. The molecule has 0 bridgehead atoms. The fourth-order valence-electron chi connectivity index (χ4n) is 2.49. The van der Waals surface area contributed by atoms with Crippen LogP contribution in [0.5, 0.6) is 0 Å². The monoisotopic (exact) mass is 525 g/mol. The van der Waals surface area contributed by atoms with E-state index >= 15 is 0 Å². The summed E-state index contributed by atoms with van der Waals surface area (Å²) in [7, 11) is -4.55. The van der Waals surface area contributed by atoms with Gasteiger partial charge in [0.2, 0.25) is 0 Å². The third-order valence-corrected chi connectivity index (χ3v) is 5.66. The molecule has 0 radical (unpaired) electrons. The number of para-hydroxylation sites is 1. The molecule has 7 nitrogen and oxygen atoms in total. The van der Waals surface area contributed by atoms with E-state index in [0.717, 1.165) is 0 Å². The van der Waals surface area contributed by atoms with E-state index in [1.54, 1.807) is 36.4 Å². The highest BCUT2D eigenvalue weighted by Gasteiger charge is 2.21. The van der Waals surface area contributed by atoms with Crippen LogP contribution >= 0.6 is 31.9 Å². The quantitative estimate of drug-likeness (QED) is 0.407. The lowest BCUT2D eigenvalue weighted by molar-refractivity contribution is 0.262. The largest absolute Gasteiger partial charge is 0.323 e. The van der Waals surface area contributed by atoms with Crippen LogP contribution in [0.1, 0.15) is 0 Å². The van der Waals surface area contributed by atoms with E-state index in [0.29, 0.717) is 25.9 Å². The molecular weight excluding hydrogens is 514 g/mol. The van der Waals surface area contributed by atoms with Crippen molar-refractivity contribution in [2.75, 3.05) is 10.6 Å². The molecule has 0 saturated heterocycles. The van der Waals surface area contributed by atoms with Gasteiger partial charge in [-0.1, -0.05) is 28.1 Å². The van der Waals surface area contributed by atoms with Crippen molar-refractivity contribution < 1.29 is 17.8 Å². The van der Waals surface area contributed by atoms with Crippen LogP contribution < -0.4 is 10.6 Å². The zero-order valence-corrected chi connectivity index (χ0v) is 18.0. The lowest BCUT2D eigenvalue weighted by Crippen LogP contribution is -2.20. The standard InChI is InChI=1S/C18H13Br2N3O4S/c19-11-7-8-15(22-18(24)23-16-6-2-1-5-14(16)20)13(10-11)12-4-3-9-21-17(12)28(25,26)27/h1-10H,(H2,22,23,24)(H,25,26,27). The average Bonchev–Trinajstić information content (AvgIpc) is 2.64. The van der Waals surface area contributed by atoms with Crippen molar-refractivity contribution in [2.45, 2.75) is 5.03 Å². The Morgan fingerprint density at radius 3 is 2.36 bits per heavy atom. The van der Waals surface area contributed by atoms with Gasteiger partial charge in [0, 0.05) is 26.3 Å². The van der Waals surface area contributed by atoms with Crippen molar-refractivity contribution in [1.29, 1.82) is 0 Å². The molecule has 0 aliphatic rings. The number of aromatic nitrogens is 1. The molecule has 28 heavy (non-hydrogen) atoms. The van der Waals surface area contributed by atoms with E-state index in [9.17, 15) is 17.8 Å². The van der Waals surface area contributed by atoms with Gasteiger partial charge in [0.05, 0.1) is 11.4 Å². The van der Waals surface area contributed by atoms with Gasteiger partial charge in [-0.2, -0.15) is 8.42 Å². The molecule has 144 valence electrons. The van der Waals surface area contributed by atoms with Gasteiger partial charge in [-0.15, -0.1) is 0 Å². The molecule has 3 aromatic rings. The number of hydrogen-bond acceptors (Lipinski definition) is 4. The maximum absolute atomic E-state index is 12.4. The molecule has 0 atom stereocenters. The normalized spacial score (nSPS) is 11.1. The lowest BCUT2D eigenvalue weighted by Gasteiger charge is -2.14. The number of urea groups is 1. The first kappa shape index (κ1) is 20.5. The summed E-state index contributed by atoms with van der Waals surface area (Å²) in [6.07, 6.45) is 1.26. The second-order valence-electron chi connectivity index (χ2n) is 5.58. The minimum Gasteiger partial charge on any atom is -0.307 e. The number of rotatable bonds is 4. The maximum Gasteiger partial charge on any atom is 0.323 e. The number of hydrogen-bond donors (Lipinski definition) is 3. The Hall–Kier alpha value is -2.27. The Kier molecular flexibility index (Phi) is 6.14. The van der Waals surface area contributed by atoms with Gasteiger partial charge < -0.3 is 10.6 Å². The van der Waals surface area contributed by atoms with Crippen molar-refractivity contribution in [1.82, 2.24) is 4.98 Å². The van der Waals surface area contributed by atoms with Crippen LogP contribution in [-0.2, 0) is 10.1 Å². The van der Waals surface area contributed by atoms with Crippen LogP contribution in [-0.4, -0.2) is 24.0 Å². The predicted molar refractivity (Wildman–Crippen MR) is 114 cm³/mol. The van der Waals surface area contributed by atoms with Gasteiger partial charge in [-0.3, -0.25) is 4.55 Å². The number of carbonyl (C=O) groups is 1. The predicted octanol–water partition coefficient (Wildman–Crippen LogP) is 5.16. The summed E-state index contributed by atoms with van der Waals surface area (Å²) in [4.78, 5) is 16.2. The summed E-state index contributed by atoms with van der Waals surface area (Å²) in [5.41, 5.74) is 1.43. The van der Waals surface area contributed by atoms with E-state index in [4.69, 9.17) is 0 Å². The summed E-state index contributed by atoms with van der Waals surface area (Å²) in [5, 5.41) is 4.90. The van der Waals surface area contributed by atoms with Crippen molar-refractivity contribution in [3.63, 3.8) is 0 Å². The van der Waals surface area contributed by atoms with Crippen LogP contribution in [0.3, 0.4) is 0 Å². The van der Waals surface area contributed by atoms with E-state index in [1.165, 1.54) is 18.3 Å². The van der Waals surface area contributed by atoms with Crippen LogP contribution in [0.2, 0.25) is 0 Å². The van der Waals surface area contributed by atoms with Crippen LogP contribution in [0, 0.1) is 0 Å². The third kappa shape index (κ3) is 4.76. The van der Waals surface area contributed by atoms with Crippen LogP contribution in [0.15, 0.2) is 74.8 Å². The summed E-state index contributed by atoms with van der Waals surface area (Å²) in [5.74, 6) is 0. The summed E-state index contributed by atoms with van der Waals surface area (Å²) < 4.78 is 34.3. The second kappa shape index (κ2) is 8.39. The molecular formula is C18H13Br2N3O4S. The molecule has 1 aromatic heterocycles. The molecule has 0 aliphatic heterocycles. The first-order valence-electron chi connectivity index (χ1n) is 7.80. The van der Waals surface area contributed by atoms with E-state index in [1.807, 2.05) is 6.07 Å². The van der Waals surface area contributed by atoms with Crippen molar-refractivity contribution in [3.8, 4) is 11.1 Å². The smallest absolute Gasteiger partial charge is 0.307 e. The zero-order valence-electron chi connectivity index (χ0n) is 14.1. The first-order valence-corrected chi connectivity index (χ1v) is 10.8. The van der Waals surface area contributed by atoms with Gasteiger partial charge in [0.15, 0.2) is 5.03 Å². The number of anilines is 2. The van der Waals surface area contributed by atoms with Crippen molar-refractivity contribution in [3.05, 3.63) is 69.7 Å². The number of carbonyl (C=O) groups excluding carboxylic acids is 1. The van der Waals surface area contributed by atoms with E-state index in [-0.39, 0.29) is 5.56 Å². The number of nitrogens with zero attached hydrogens (tertiary/aromatic N) is 1.